The Bertz CT molecular complexity index is 539. The summed E-state index contributed by atoms with van der Waals surface area (Å²) in [6.07, 6.45) is 0. The van der Waals surface area contributed by atoms with Gasteiger partial charge in [0.25, 0.3) is 0 Å². The van der Waals surface area contributed by atoms with Crippen LogP contribution in [0.2, 0.25) is 0 Å². The number of aromatic hydroxyl groups is 1. The summed E-state index contributed by atoms with van der Waals surface area (Å²) < 4.78 is 0. The number of benzene rings is 1. The maximum absolute atomic E-state index is 10.6. The molecule has 0 radical (unpaired) electrons. The average Bonchev–Trinajstić information content (AvgIpc) is 2.77. The summed E-state index contributed by atoms with van der Waals surface area (Å²) in [5.41, 5.74) is 0.709. The van der Waals surface area contributed by atoms with Crippen LogP contribution in [-0.2, 0) is 5.75 Å². The van der Waals surface area contributed by atoms with Crippen molar-refractivity contribution >= 4 is 29.1 Å². The molecule has 2 N–H and O–H groups in total. The fourth-order valence-electron chi connectivity index (χ4n) is 1.20. The molecular formula is C11H9NO3S2. The molecular weight excluding hydrogens is 258 g/mol. The van der Waals surface area contributed by atoms with Crippen molar-refractivity contribution in [3.63, 3.8) is 0 Å². The molecule has 88 valence electrons. The van der Waals surface area contributed by atoms with Crippen LogP contribution in [0.4, 0.5) is 0 Å². The molecule has 6 heteroatoms. The second-order valence-corrected chi connectivity index (χ2v) is 5.08. The molecule has 0 bridgehead atoms. The van der Waals surface area contributed by atoms with Gasteiger partial charge in [0.05, 0.1) is 5.69 Å². The van der Waals surface area contributed by atoms with Crippen LogP contribution in [0, 0.1) is 0 Å². The molecule has 0 unspecified atom stereocenters. The Kier molecular flexibility index (Phi) is 3.65. The van der Waals surface area contributed by atoms with E-state index in [4.69, 9.17) is 5.11 Å². The smallest absolute Gasteiger partial charge is 0.365 e. The first kappa shape index (κ1) is 11.9. The van der Waals surface area contributed by atoms with Crippen molar-refractivity contribution < 1.29 is 15.0 Å². The highest BCUT2D eigenvalue weighted by molar-refractivity contribution is 7.98. The van der Waals surface area contributed by atoms with E-state index in [1.807, 2.05) is 12.1 Å². The molecule has 2 aromatic rings. The van der Waals surface area contributed by atoms with E-state index in [-0.39, 0.29) is 10.8 Å². The third-order valence-electron chi connectivity index (χ3n) is 1.98. The largest absolute Gasteiger partial charge is 0.507 e. The lowest BCUT2D eigenvalue weighted by atomic mass is 10.3. The van der Waals surface area contributed by atoms with Crippen LogP contribution in [0.5, 0.6) is 5.75 Å². The molecule has 0 atom stereocenters. The Labute approximate surface area is 106 Å². The fourth-order valence-corrected chi connectivity index (χ4v) is 2.80. The highest BCUT2D eigenvalue weighted by atomic mass is 32.2. The fraction of sp³-hybridized carbons (Fsp3) is 0.0909. The Morgan fingerprint density at radius 3 is 2.82 bits per heavy atom. The molecule has 0 saturated heterocycles. The Balaban J connectivity index is 2.02. The lowest BCUT2D eigenvalue weighted by Crippen LogP contribution is -1.94. The number of carbonyl (C=O) groups is 1. The number of hydrogen-bond donors (Lipinski definition) is 2. The normalized spacial score (nSPS) is 10.4. The van der Waals surface area contributed by atoms with Crippen LogP contribution in [0.15, 0.2) is 34.5 Å². The van der Waals surface area contributed by atoms with Gasteiger partial charge in [-0.3, -0.25) is 0 Å². The highest BCUT2D eigenvalue weighted by Crippen LogP contribution is 2.30. The highest BCUT2D eigenvalue weighted by Gasteiger charge is 2.09. The van der Waals surface area contributed by atoms with Crippen molar-refractivity contribution in [3.8, 4) is 5.75 Å². The molecule has 0 aliphatic carbocycles. The number of para-hydroxylation sites is 1. The lowest BCUT2D eigenvalue weighted by molar-refractivity contribution is 0.0696. The number of carboxylic acids is 1. The van der Waals surface area contributed by atoms with Gasteiger partial charge >= 0.3 is 5.97 Å². The summed E-state index contributed by atoms with van der Waals surface area (Å²) in [4.78, 5) is 15.4. The van der Waals surface area contributed by atoms with Crippen LogP contribution < -0.4 is 0 Å². The average molecular weight is 267 g/mol. The number of rotatable bonds is 4. The molecule has 2 rings (SSSR count). The third kappa shape index (κ3) is 2.98. The van der Waals surface area contributed by atoms with Gasteiger partial charge in [0.1, 0.15) is 5.75 Å². The van der Waals surface area contributed by atoms with E-state index in [2.05, 4.69) is 4.98 Å². The van der Waals surface area contributed by atoms with Crippen molar-refractivity contribution in [3.05, 3.63) is 40.3 Å². The molecule has 1 aromatic heterocycles. The van der Waals surface area contributed by atoms with E-state index in [9.17, 15) is 9.90 Å². The van der Waals surface area contributed by atoms with Crippen LogP contribution >= 0.6 is 23.1 Å². The summed E-state index contributed by atoms with van der Waals surface area (Å²) >= 11 is 2.54. The van der Waals surface area contributed by atoms with Gasteiger partial charge in [-0.05, 0) is 12.1 Å². The standard InChI is InChI=1S/C11H9NO3S2/c13-8-3-1-2-4-9(8)16-5-7-6-17-10(12-7)11(14)15/h1-4,6,13H,5H2,(H,14,15). The van der Waals surface area contributed by atoms with E-state index in [1.54, 1.807) is 17.5 Å². The third-order valence-corrected chi connectivity index (χ3v) is 3.95. The summed E-state index contributed by atoms with van der Waals surface area (Å²) in [7, 11) is 0. The molecule has 0 spiro atoms. The number of hydrogen-bond acceptors (Lipinski definition) is 5. The minimum Gasteiger partial charge on any atom is -0.507 e. The van der Waals surface area contributed by atoms with E-state index in [0.29, 0.717) is 11.4 Å². The van der Waals surface area contributed by atoms with Crippen molar-refractivity contribution in [2.75, 3.05) is 0 Å². The molecule has 0 aliphatic heterocycles. The second-order valence-electron chi connectivity index (χ2n) is 3.21. The number of aromatic nitrogens is 1. The number of phenolic OH excluding ortho intramolecular Hbond substituents is 1. The topological polar surface area (TPSA) is 70.4 Å². The predicted octanol–water partition coefficient (Wildman–Crippen LogP) is 2.84. The van der Waals surface area contributed by atoms with Crippen LogP contribution in [0.3, 0.4) is 0 Å². The Morgan fingerprint density at radius 1 is 1.41 bits per heavy atom. The van der Waals surface area contributed by atoms with Crippen molar-refractivity contribution in [1.82, 2.24) is 4.98 Å². The van der Waals surface area contributed by atoms with E-state index in [1.165, 1.54) is 11.8 Å². The zero-order chi connectivity index (χ0) is 12.3. The first-order valence-corrected chi connectivity index (χ1v) is 6.62. The van der Waals surface area contributed by atoms with Crippen molar-refractivity contribution in [2.24, 2.45) is 0 Å². The van der Waals surface area contributed by atoms with Gasteiger partial charge in [-0.1, -0.05) is 12.1 Å². The first-order chi connectivity index (χ1) is 8.16. The molecule has 1 heterocycles. The van der Waals surface area contributed by atoms with E-state index >= 15 is 0 Å². The summed E-state index contributed by atoms with van der Waals surface area (Å²) in [5, 5.41) is 20.1. The molecule has 0 fully saturated rings. The number of carboxylic acid groups (broad SMARTS) is 1. The van der Waals surface area contributed by atoms with E-state index < -0.39 is 5.97 Å². The first-order valence-electron chi connectivity index (χ1n) is 4.75. The summed E-state index contributed by atoms with van der Waals surface area (Å²) in [5.74, 6) is -0.235. The predicted molar refractivity (Wildman–Crippen MR) is 66.7 cm³/mol. The lowest BCUT2D eigenvalue weighted by Gasteiger charge is -2.01. The van der Waals surface area contributed by atoms with Gasteiger partial charge in [-0.15, -0.1) is 23.1 Å². The van der Waals surface area contributed by atoms with E-state index in [0.717, 1.165) is 16.2 Å². The molecule has 0 saturated carbocycles. The number of thiazole rings is 1. The zero-order valence-electron chi connectivity index (χ0n) is 8.66. The molecule has 0 aliphatic rings. The number of phenols is 1. The van der Waals surface area contributed by atoms with Gasteiger partial charge in [0, 0.05) is 16.0 Å². The van der Waals surface area contributed by atoms with Gasteiger partial charge in [0.2, 0.25) is 5.01 Å². The molecule has 4 nitrogen and oxygen atoms in total. The molecule has 17 heavy (non-hydrogen) atoms. The number of nitrogens with zero attached hydrogens (tertiary/aromatic N) is 1. The maximum Gasteiger partial charge on any atom is 0.365 e. The van der Waals surface area contributed by atoms with Gasteiger partial charge in [-0.25, -0.2) is 9.78 Å². The second kappa shape index (κ2) is 5.20. The van der Waals surface area contributed by atoms with Crippen LogP contribution in [0.25, 0.3) is 0 Å². The number of aromatic carboxylic acids is 1. The monoisotopic (exact) mass is 267 g/mol. The van der Waals surface area contributed by atoms with Crippen molar-refractivity contribution in [1.29, 1.82) is 0 Å². The van der Waals surface area contributed by atoms with Crippen LogP contribution in [0.1, 0.15) is 15.5 Å². The Hall–Kier alpha value is -1.53. The molecule has 1 aromatic carbocycles. The Morgan fingerprint density at radius 2 is 2.18 bits per heavy atom. The molecule has 0 amide bonds. The number of thioether (sulfide) groups is 1. The minimum atomic E-state index is -1.01. The van der Waals surface area contributed by atoms with Gasteiger partial charge < -0.3 is 10.2 Å². The summed E-state index contributed by atoms with van der Waals surface area (Å²) in [6.45, 7) is 0. The van der Waals surface area contributed by atoms with Gasteiger partial charge in [-0.2, -0.15) is 0 Å². The SMILES string of the molecule is O=C(O)c1nc(CSc2ccccc2O)cs1. The van der Waals surface area contributed by atoms with Gasteiger partial charge in [0.15, 0.2) is 0 Å². The zero-order valence-corrected chi connectivity index (χ0v) is 10.3. The quantitative estimate of drug-likeness (QED) is 0.833. The van der Waals surface area contributed by atoms with Crippen LogP contribution in [-0.4, -0.2) is 21.2 Å². The maximum atomic E-state index is 10.6. The van der Waals surface area contributed by atoms with Crippen molar-refractivity contribution in [2.45, 2.75) is 10.6 Å². The minimum absolute atomic E-state index is 0.0953. The summed E-state index contributed by atoms with van der Waals surface area (Å²) in [6, 6.07) is 7.02.